The molecule has 3 aromatic rings. The smallest absolute Gasteiger partial charge is 0.322 e. The quantitative estimate of drug-likeness (QED) is 0.759. The van der Waals surface area contributed by atoms with E-state index in [0.717, 1.165) is 16.5 Å². The largest absolute Gasteiger partial charge is 0.508 e. The number of hydrogen-bond donors (Lipinski definition) is 1. The Hall–Kier alpha value is -2.62. The number of hydrogen-bond acceptors (Lipinski definition) is 4. The molecule has 0 fully saturated rings. The van der Waals surface area contributed by atoms with Gasteiger partial charge in [0.05, 0.1) is 0 Å². The summed E-state index contributed by atoms with van der Waals surface area (Å²) in [5.41, 5.74) is 0.857. The molecule has 19 heavy (non-hydrogen) atoms. The molecule has 1 heterocycles. The third-order valence-electron chi connectivity index (χ3n) is 2.78. The third-order valence-corrected chi connectivity index (χ3v) is 2.78. The Labute approximate surface area is 110 Å². The van der Waals surface area contributed by atoms with Gasteiger partial charge in [-0.1, -0.05) is 12.1 Å². The van der Waals surface area contributed by atoms with Crippen LogP contribution in [-0.2, 0) is 0 Å². The van der Waals surface area contributed by atoms with Gasteiger partial charge in [-0.25, -0.2) is 9.97 Å². The molecular formula is C15H12N2O2. The van der Waals surface area contributed by atoms with Gasteiger partial charge in [-0.2, -0.15) is 0 Å². The summed E-state index contributed by atoms with van der Waals surface area (Å²) >= 11 is 0. The average molecular weight is 252 g/mol. The van der Waals surface area contributed by atoms with Crippen LogP contribution in [0.25, 0.3) is 10.8 Å². The molecule has 1 aromatic heterocycles. The van der Waals surface area contributed by atoms with Crippen LogP contribution in [0.3, 0.4) is 0 Å². The highest BCUT2D eigenvalue weighted by molar-refractivity contribution is 5.85. The molecule has 0 aliphatic rings. The minimum absolute atomic E-state index is 0.253. The van der Waals surface area contributed by atoms with Crippen molar-refractivity contribution in [2.45, 2.75) is 6.92 Å². The monoisotopic (exact) mass is 252 g/mol. The van der Waals surface area contributed by atoms with Crippen molar-refractivity contribution in [3.63, 3.8) is 0 Å². The van der Waals surface area contributed by atoms with Gasteiger partial charge in [0.2, 0.25) is 0 Å². The van der Waals surface area contributed by atoms with Crippen molar-refractivity contribution in [3.05, 3.63) is 54.4 Å². The molecule has 4 nitrogen and oxygen atoms in total. The SMILES string of the molecule is Cc1ccnc(Oc2ccc3cc(O)ccc3c2)n1. The van der Waals surface area contributed by atoms with E-state index in [9.17, 15) is 5.11 Å². The molecule has 0 radical (unpaired) electrons. The van der Waals surface area contributed by atoms with E-state index in [1.807, 2.05) is 37.3 Å². The van der Waals surface area contributed by atoms with Crippen LogP contribution < -0.4 is 4.74 Å². The molecule has 2 aromatic carbocycles. The molecule has 94 valence electrons. The number of aromatic hydroxyl groups is 1. The summed E-state index contributed by atoms with van der Waals surface area (Å²) < 4.78 is 5.61. The number of aryl methyl sites for hydroxylation is 1. The van der Waals surface area contributed by atoms with E-state index in [-0.39, 0.29) is 5.75 Å². The molecule has 0 amide bonds. The van der Waals surface area contributed by atoms with E-state index < -0.39 is 0 Å². The van der Waals surface area contributed by atoms with Gasteiger partial charge >= 0.3 is 6.01 Å². The topological polar surface area (TPSA) is 55.2 Å². The first-order chi connectivity index (χ1) is 9.20. The number of phenolic OH excluding ortho intramolecular Hbond substituents is 1. The Bertz CT molecular complexity index is 741. The average Bonchev–Trinajstić information content (AvgIpc) is 2.39. The van der Waals surface area contributed by atoms with Crippen LogP contribution in [0.5, 0.6) is 17.5 Å². The van der Waals surface area contributed by atoms with E-state index in [1.165, 1.54) is 0 Å². The Morgan fingerprint density at radius 2 is 1.79 bits per heavy atom. The standard InChI is InChI=1S/C15H12N2O2/c1-10-6-7-16-15(17-10)19-14-5-3-11-8-13(18)4-2-12(11)9-14/h2-9,18H,1H3. The van der Waals surface area contributed by atoms with E-state index in [4.69, 9.17) is 4.74 Å². The summed E-state index contributed by atoms with van der Waals surface area (Å²) in [7, 11) is 0. The minimum Gasteiger partial charge on any atom is -0.508 e. The maximum absolute atomic E-state index is 9.41. The van der Waals surface area contributed by atoms with Gasteiger partial charge in [-0.05, 0) is 48.0 Å². The molecule has 0 saturated carbocycles. The summed E-state index contributed by atoms with van der Waals surface area (Å²) in [5, 5.41) is 11.4. The molecule has 0 unspecified atom stereocenters. The second kappa shape index (κ2) is 4.57. The highest BCUT2D eigenvalue weighted by Crippen LogP contribution is 2.26. The summed E-state index contributed by atoms with van der Waals surface area (Å²) in [4.78, 5) is 8.25. The lowest BCUT2D eigenvalue weighted by Gasteiger charge is -2.05. The number of benzene rings is 2. The van der Waals surface area contributed by atoms with E-state index in [1.54, 1.807) is 18.3 Å². The maximum atomic E-state index is 9.41. The first kappa shape index (κ1) is 11.5. The Balaban J connectivity index is 1.95. The van der Waals surface area contributed by atoms with Crippen LogP contribution in [0.2, 0.25) is 0 Å². The zero-order valence-electron chi connectivity index (χ0n) is 10.4. The van der Waals surface area contributed by atoms with Gasteiger partial charge in [0.25, 0.3) is 0 Å². The van der Waals surface area contributed by atoms with Crippen molar-refractivity contribution in [2.24, 2.45) is 0 Å². The minimum atomic E-state index is 0.253. The van der Waals surface area contributed by atoms with Crippen LogP contribution in [0.4, 0.5) is 0 Å². The van der Waals surface area contributed by atoms with Crippen molar-refractivity contribution in [1.29, 1.82) is 0 Å². The van der Waals surface area contributed by atoms with Crippen LogP contribution in [0, 0.1) is 6.92 Å². The fraction of sp³-hybridized carbons (Fsp3) is 0.0667. The lowest BCUT2D eigenvalue weighted by molar-refractivity contribution is 0.441. The summed E-state index contributed by atoms with van der Waals surface area (Å²) in [5.74, 6) is 0.923. The second-order valence-corrected chi connectivity index (χ2v) is 4.28. The molecule has 0 bridgehead atoms. The summed E-state index contributed by atoms with van der Waals surface area (Å²) in [6, 6.07) is 13.0. The zero-order chi connectivity index (χ0) is 13.2. The predicted molar refractivity (Wildman–Crippen MR) is 72.5 cm³/mol. The van der Waals surface area contributed by atoms with Gasteiger partial charge < -0.3 is 9.84 Å². The predicted octanol–water partition coefficient (Wildman–Crippen LogP) is 3.44. The van der Waals surface area contributed by atoms with Crippen molar-refractivity contribution >= 4 is 10.8 Å². The number of phenols is 1. The number of nitrogens with zero attached hydrogens (tertiary/aromatic N) is 2. The highest BCUT2D eigenvalue weighted by Gasteiger charge is 2.02. The first-order valence-corrected chi connectivity index (χ1v) is 5.91. The maximum Gasteiger partial charge on any atom is 0.322 e. The van der Waals surface area contributed by atoms with Gasteiger partial charge in [-0.3, -0.25) is 0 Å². The molecule has 1 N–H and O–H groups in total. The summed E-state index contributed by atoms with van der Waals surface area (Å²) in [6.45, 7) is 1.89. The van der Waals surface area contributed by atoms with Crippen molar-refractivity contribution in [2.75, 3.05) is 0 Å². The Morgan fingerprint density at radius 1 is 1.00 bits per heavy atom. The number of fused-ring (bicyclic) bond motifs is 1. The number of ether oxygens (including phenoxy) is 1. The molecular weight excluding hydrogens is 240 g/mol. The second-order valence-electron chi connectivity index (χ2n) is 4.28. The van der Waals surface area contributed by atoms with Crippen molar-refractivity contribution < 1.29 is 9.84 Å². The van der Waals surface area contributed by atoms with Gasteiger partial charge in [0.15, 0.2) is 0 Å². The molecule has 0 aliphatic heterocycles. The molecule has 0 atom stereocenters. The fourth-order valence-corrected chi connectivity index (χ4v) is 1.86. The van der Waals surface area contributed by atoms with Crippen LogP contribution in [-0.4, -0.2) is 15.1 Å². The van der Waals surface area contributed by atoms with Gasteiger partial charge in [0, 0.05) is 11.9 Å². The van der Waals surface area contributed by atoms with E-state index in [2.05, 4.69) is 9.97 Å². The molecule has 0 aliphatic carbocycles. The lowest BCUT2D eigenvalue weighted by Crippen LogP contribution is -1.92. The van der Waals surface area contributed by atoms with Crippen LogP contribution in [0.1, 0.15) is 5.69 Å². The summed E-state index contributed by atoms with van der Waals surface area (Å²) in [6.07, 6.45) is 1.66. The fourth-order valence-electron chi connectivity index (χ4n) is 1.86. The van der Waals surface area contributed by atoms with E-state index >= 15 is 0 Å². The van der Waals surface area contributed by atoms with Crippen LogP contribution >= 0.6 is 0 Å². The number of rotatable bonds is 2. The number of aromatic nitrogens is 2. The molecule has 0 spiro atoms. The zero-order valence-corrected chi connectivity index (χ0v) is 10.4. The molecule has 4 heteroatoms. The van der Waals surface area contributed by atoms with Crippen molar-refractivity contribution in [1.82, 2.24) is 9.97 Å². The normalized spacial score (nSPS) is 10.6. The molecule has 0 saturated heterocycles. The van der Waals surface area contributed by atoms with Crippen molar-refractivity contribution in [3.8, 4) is 17.5 Å². The Kier molecular flexibility index (Phi) is 2.76. The molecule has 3 rings (SSSR count). The third kappa shape index (κ3) is 2.47. The van der Waals surface area contributed by atoms with Gasteiger partial charge in [0.1, 0.15) is 11.5 Å². The first-order valence-electron chi connectivity index (χ1n) is 5.91. The van der Waals surface area contributed by atoms with Crippen LogP contribution in [0.15, 0.2) is 48.7 Å². The lowest BCUT2D eigenvalue weighted by atomic mass is 10.1. The van der Waals surface area contributed by atoms with E-state index in [0.29, 0.717) is 11.8 Å². The Morgan fingerprint density at radius 3 is 2.63 bits per heavy atom. The highest BCUT2D eigenvalue weighted by atomic mass is 16.5. The van der Waals surface area contributed by atoms with Gasteiger partial charge in [-0.15, -0.1) is 0 Å².